The summed E-state index contributed by atoms with van der Waals surface area (Å²) in [5.41, 5.74) is 1.93. The minimum atomic E-state index is -0.0295. The number of carbonyl (C=O) groups excluding carboxylic acids is 2. The molecule has 23 heavy (non-hydrogen) atoms. The van der Waals surface area contributed by atoms with Crippen molar-refractivity contribution >= 4 is 33.4 Å². The quantitative estimate of drug-likeness (QED) is 0.871. The molecule has 1 heterocycles. The fraction of sp³-hybridized carbons (Fsp3) is 0.529. The Morgan fingerprint density at radius 1 is 1.22 bits per heavy atom. The van der Waals surface area contributed by atoms with E-state index in [-0.39, 0.29) is 17.7 Å². The van der Waals surface area contributed by atoms with Crippen LogP contribution in [0.3, 0.4) is 0 Å². The van der Waals surface area contributed by atoms with E-state index in [1.165, 1.54) is 0 Å². The van der Waals surface area contributed by atoms with Gasteiger partial charge in [-0.2, -0.15) is 0 Å². The highest BCUT2D eigenvalue weighted by atomic mass is 79.9. The van der Waals surface area contributed by atoms with Crippen molar-refractivity contribution in [1.82, 2.24) is 9.80 Å². The number of benzene rings is 1. The summed E-state index contributed by atoms with van der Waals surface area (Å²) in [7, 11) is 0. The van der Waals surface area contributed by atoms with Crippen LogP contribution in [0.1, 0.15) is 19.4 Å². The van der Waals surface area contributed by atoms with Crippen molar-refractivity contribution in [2.45, 2.75) is 20.8 Å². The Hall–Kier alpha value is -1.40. The van der Waals surface area contributed by atoms with Crippen LogP contribution in [0.15, 0.2) is 22.7 Å². The Balaban J connectivity index is 1.82. The van der Waals surface area contributed by atoms with Crippen molar-refractivity contribution in [2.75, 3.05) is 38.0 Å². The van der Waals surface area contributed by atoms with E-state index >= 15 is 0 Å². The van der Waals surface area contributed by atoms with Crippen molar-refractivity contribution in [3.63, 3.8) is 0 Å². The van der Waals surface area contributed by atoms with Crippen LogP contribution in [0.25, 0.3) is 0 Å². The molecule has 6 heteroatoms. The van der Waals surface area contributed by atoms with Crippen LogP contribution in [0.2, 0.25) is 0 Å². The van der Waals surface area contributed by atoms with Crippen LogP contribution in [0, 0.1) is 12.8 Å². The number of halogens is 1. The zero-order chi connectivity index (χ0) is 17.0. The number of nitrogens with zero attached hydrogens (tertiary/aromatic N) is 2. The van der Waals surface area contributed by atoms with E-state index in [1.807, 2.05) is 43.9 Å². The Kier molecular flexibility index (Phi) is 6.18. The molecule has 0 saturated carbocycles. The predicted octanol–water partition coefficient (Wildman–Crippen LogP) is 2.50. The van der Waals surface area contributed by atoms with Gasteiger partial charge in [0.15, 0.2) is 0 Å². The molecule has 0 aromatic heterocycles. The normalized spacial score (nSPS) is 15.8. The van der Waals surface area contributed by atoms with Gasteiger partial charge >= 0.3 is 0 Å². The van der Waals surface area contributed by atoms with Gasteiger partial charge in [0.25, 0.3) is 0 Å². The summed E-state index contributed by atoms with van der Waals surface area (Å²) < 4.78 is 0.887. The minimum Gasteiger partial charge on any atom is -0.340 e. The lowest BCUT2D eigenvalue weighted by Crippen LogP contribution is -2.51. The first-order valence-electron chi connectivity index (χ1n) is 7.94. The summed E-state index contributed by atoms with van der Waals surface area (Å²) >= 11 is 3.47. The molecular formula is C17H24BrN3O2. The smallest absolute Gasteiger partial charge is 0.238 e. The summed E-state index contributed by atoms with van der Waals surface area (Å²) in [6.45, 7) is 9.06. The first-order valence-corrected chi connectivity index (χ1v) is 8.73. The molecule has 1 fully saturated rings. The molecule has 1 aliphatic rings. The second-order valence-electron chi connectivity index (χ2n) is 6.29. The Labute approximate surface area is 146 Å². The van der Waals surface area contributed by atoms with Gasteiger partial charge in [-0.3, -0.25) is 14.5 Å². The van der Waals surface area contributed by atoms with Crippen LogP contribution in [0.5, 0.6) is 0 Å². The second-order valence-corrected chi connectivity index (χ2v) is 7.14. The van der Waals surface area contributed by atoms with Gasteiger partial charge in [-0.15, -0.1) is 0 Å². The minimum absolute atomic E-state index is 0.0295. The van der Waals surface area contributed by atoms with E-state index in [4.69, 9.17) is 0 Å². The van der Waals surface area contributed by atoms with Gasteiger partial charge < -0.3 is 10.2 Å². The topological polar surface area (TPSA) is 52.7 Å². The fourth-order valence-electron chi connectivity index (χ4n) is 2.61. The monoisotopic (exact) mass is 381 g/mol. The number of rotatable bonds is 4. The van der Waals surface area contributed by atoms with E-state index in [1.54, 1.807) is 0 Å². The lowest BCUT2D eigenvalue weighted by atomic mass is 10.1. The molecule has 0 spiro atoms. The number of amides is 2. The molecule has 0 bridgehead atoms. The van der Waals surface area contributed by atoms with Gasteiger partial charge in [0.1, 0.15) is 0 Å². The molecular weight excluding hydrogens is 358 g/mol. The van der Waals surface area contributed by atoms with Crippen LogP contribution in [0.4, 0.5) is 5.69 Å². The molecule has 2 amide bonds. The van der Waals surface area contributed by atoms with Gasteiger partial charge in [0.05, 0.1) is 12.2 Å². The van der Waals surface area contributed by atoms with Crippen LogP contribution < -0.4 is 5.32 Å². The molecule has 0 atom stereocenters. The average molecular weight is 382 g/mol. The van der Waals surface area contributed by atoms with Crippen molar-refractivity contribution in [2.24, 2.45) is 5.92 Å². The number of hydrogen-bond acceptors (Lipinski definition) is 3. The van der Waals surface area contributed by atoms with Gasteiger partial charge in [-0.1, -0.05) is 19.9 Å². The number of hydrogen-bond donors (Lipinski definition) is 1. The zero-order valence-corrected chi connectivity index (χ0v) is 15.5. The van der Waals surface area contributed by atoms with E-state index in [9.17, 15) is 9.59 Å². The third kappa shape index (κ3) is 5.04. The summed E-state index contributed by atoms with van der Waals surface area (Å²) in [5.74, 6) is 0.194. The molecule has 1 saturated heterocycles. The molecule has 1 aromatic carbocycles. The van der Waals surface area contributed by atoms with Gasteiger partial charge in [-0.25, -0.2) is 0 Å². The molecule has 0 radical (unpaired) electrons. The summed E-state index contributed by atoms with van der Waals surface area (Å²) in [5, 5.41) is 2.93. The molecule has 126 valence electrons. The number of carbonyl (C=O) groups is 2. The third-order valence-corrected chi connectivity index (χ3v) is 4.60. The van der Waals surface area contributed by atoms with E-state index < -0.39 is 0 Å². The van der Waals surface area contributed by atoms with E-state index in [0.29, 0.717) is 19.6 Å². The van der Waals surface area contributed by atoms with Gasteiger partial charge in [-0.05, 0) is 40.5 Å². The predicted molar refractivity (Wildman–Crippen MR) is 95.4 cm³/mol. The van der Waals surface area contributed by atoms with Crippen LogP contribution in [-0.2, 0) is 9.59 Å². The lowest BCUT2D eigenvalue weighted by Gasteiger charge is -2.35. The molecule has 1 N–H and O–H groups in total. The van der Waals surface area contributed by atoms with E-state index in [0.717, 1.165) is 28.8 Å². The van der Waals surface area contributed by atoms with Gasteiger partial charge in [0, 0.05) is 36.6 Å². The van der Waals surface area contributed by atoms with Crippen molar-refractivity contribution in [1.29, 1.82) is 0 Å². The first kappa shape index (κ1) is 17.9. The molecule has 0 aliphatic carbocycles. The van der Waals surface area contributed by atoms with Crippen molar-refractivity contribution in [3.8, 4) is 0 Å². The SMILES string of the molecule is Cc1ccc(NC(=O)CN2CCN(C(=O)C(C)C)CC2)c(Br)c1. The molecule has 0 unspecified atom stereocenters. The Bertz CT molecular complexity index is 581. The summed E-state index contributed by atoms with van der Waals surface area (Å²) in [4.78, 5) is 28.1. The average Bonchev–Trinajstić information content (AvgIpc) is 2.50. The number of aryl methyl sites for hydroxylation is 1. The highest BCUT2D eigenvalue weighted by Gasteiger charge is 2.23. The molecule has 2 rings (SSSR count). The third-order valence-electron chi connectivity index (χ3n) is 3.94. The largest absolute Gasteiger partial charge is 0.340 e. The van der Waals surface area contributed by atoms with E-state index in [2.05, 4.69) is 26.1 Å². The van der Waals surface area contributed by atoms with Crippen molar-refractivity contribution < 1.29 is 9.59 Å². The fourth-order valence-corrected chi connectivity index (χ4v) is 3.20. The first-order chi connectivity index (χ1) is 10.9. The summed E-state index contributed by atoms with van der Waals surface area (Å²) in [6, 6.07) is 5.85. The lowest BCUT2D eigenvalue weighted by molar-refractivity contribution is -0.136. The highest BCUT2D eigenvalue weighted by molar-refractivity contribution is 9.10. The van der Waals surface area contributed by atoms with Crippen molar-refractivity contribution in [3.05, 3.63) is 28.2 Å². The van der Waals surface area contributed by atoms with Gasteiger partial charge in [0.2, 0.25) is 11.8 Å². The summed E-state index contributed by atoms with van der Waals surface area (Å²) in [6.07, 6.45) is 0. The maximum Gasteiger partial charge on any atom is 0.238 e. The molecule has 1 aromatic rings. The maximum absolute atomic E-state index is 12.2. The number of anilines is 1. The number of piperazine rings is 1. The molecule has 1 aliphatic heterocycles. The number of nitrogens with one attached hydrogen (secondary N) is 1. The zero-order valence-electron chi connectivity index (χ0n) is 13.9. The Morgan fingerprint density at radius 3 is 2.43 bits per heavy atom. The van der Waals surface area contributed by atoms with Crippen LogP contribution >= 0.6 is 15.9 Å². The van der Waals surface area contributed by atoms with Crippen LogP contribution in [-0.4, -0.2) is 54.3 Å². The highest BCUT2D eigenvalue weighted by Crippen LogP contribution is 2.23. The standard InChI is InChI=1S/C17H24BrN3O2/c1-12(2)17(23)21-8-6-20(7-9-21)11-16(22)19-15-5-4-13(3)10-14(15)18/h4-5,10,12H,6-9,11H2,1-3H3,(H,19,22). The second kappa shape index (κ2) is 7.93. The Morgan fingerprint density at radius 2 is 1.87 bits per heavy atom. The maximum atomic E-state index is 12.2. The molecule has 5 nitrogen and oxygen atoms in total.